The highest BCUT2D eigenvalue weighted by atomic mass is 32.2. The zero-order valence-electron chi connectivity index (χ0n) is 15.6. The zero-order chi connectivity index (χ0) is 21.9. The summed E-state index contributed by atoms with van der Waals surface area (Å²) in [5.74, 6) is -0.0761. The molecule has 3 rings (SSSR count). The summed E-state index contributed by atoms with van der Waals surface area (Å²) in [6.07, 6.45) is 2.78. The summed E-state index contributed by atoms with van der Waals surface area (Å²) in [6, 6.07) is 9.84. The van der Waals surface area contributed by atoms with E-state index >= 15 is 0 Å². The number of aromatic nitrogens is 2. The number of benzene rings is 1. The Labute approximate surface area is 171 Å². The van der Waals surface area contributed by atoms with Crippen molar-refractivity contribution < 1.29 is 31.8 Å². The molecule has 158 valence electrons. The molecule has 0 aliphatic heterocycles. The van der Waals surface area contributed by atoms with Crippen molar-refractivity contribution in [3.8, 4) is 17.0 Å². The molecule has 0 aliphatic rings. The molecule has 1 N–H and O–H groups in total. The molecule has 0 unspecified atom stereocenters. The standard InChI is InChI=1S/C19H17F2N3O5S/c1-23(19(25)26)11-13-9-17(14-4-6-15(7-5-14)29-18(20)21)24(12-13)30(27,28)16-3-2-8-22-10-16/h2-10,12,18H,11H2,1H3,(H,25,26). The summed E-state index contributed by atoms with van der Waals surface area (Å²) in [4.78, 5) is 15.9. The van der Waals surface area contributed by atoms with Gasteiger partial charge >= 0.3 is 12.7 Å². The highest BCUT2D eigenvalue weighted by molar-refractivity contribution is 7.90. The van der Waals surface area contributed by atoms with Gasteiger partial charge < -0.3 is 14.7 Å². The Kier molecular flexibility index (Phi) is 6.01. The van der Waals surface area contributed by atoms with Gasteiger partial charge in [0.1, 0.15) is 10.6 Å². The van der Waals surface area contributed by atoms with Crippen LogP contribution < -0.4 is 4.74 Å². The van der Waals surface area contributed by atoms with Crippen LogP contribution in [0.15, 0.2) is 66.0 Å². The topological polar surface area (TPSA) is 102 Å². The lowest BCUT2D eigenvalue weighted by Crippen LogP contribution is -2.23. The summed E-state index contributed by atoms with van der Waals surface area (Å²) in [6.45, 7) is -3.03. The van der Waals surface area contributed by atoms with Gasteiger partial charge in [-0.25, -0.2) is 17.2 Å². The van der Waals surface area contributed by atoms with Crippen molar-refractivity contribution in [2.75, 3.05) is 7.05 Å². The van der Waals surface area contributed by atoms with Crippen LogP contribution in [0.25, 0.3) is 11.3 Å². The van der Waals surface area contributed by atoms with Gasteiger partial charge in [0.05, 0.1) is 12.2 Å². The molecule has 1 aromatic carbocycles. The number of carbonyl (C=O) groups is 1. The van der Waals surface area contributed by atoms with Crippen LogP contribution in [-0.2, 0) is 16.6 Å². The van der Waals surface area contributed by atoms with Crippen LogP contribution in [0.2, 0.25) is 0 Å². The highest BCUT2D eigenvalue weighted by Gasteiger charge is 2.23. The van der Waals surface area contributed by atoms with Gasteiger partial charge in [-0.1, -0.05) is 0 Å². The molecular formula is C19H17F2N3O5S. The van der Waals surface area contributed by atoms with Crippen molar-refractivity contribution in [1.29, 1.82) is 0 Å². The Balaban J connectivity index is 2.08. The molecule has 8 nitrogen and oxygen atoms in total. The van der Waals surface area contributed by atoms with Crippen LogP contribution in [0, 0.1) is 0 Å². The number of pyridine rings is 1. The number of amides is 1. The number of nitrogens with zero attached hydrogens (tertiary/aromatic N) is 3. The van der Waals surface area contributed by atoms with E-state index in [1.807, 2.05) is 0 Å². The van der Waals surface area contributed by atoms with Crippen molar-refractivity contribution in [2.45, 2.75) is 18.1 Å². The molecule has 0 atom stereocenters. The third-order valence-corrected chi connectivity index (χ3v) is 5.81. The number of ether oxygens (including phenoxy) is 1. The van der Waals surface area contributed by atoms with Crippen molar-refractivity contribution in [2.24, 2.45) is 0 Å². The molecule has 2 heterocycles. The van der Waals surface area contributed by atoms with Gasteiger partial charge in [-0.05, 0) is 53.6 Å². The van der Waals surface area contributed by atoms with Gasteiger partial charge in [0, 0.05) is 25.6 Å². The zero-order valence-corrected chi connectivity index (χ0v) is 16.5. The minimum Gasteiger partial charge on any atom is -0.465 e. The molecule has 30 heavy (non-hydrogen) atoms. The fourth-order valence-corrected chi connectivity index (χ4v) is 4.12. The fraction of sp³-hybridized carbons (Fsp3) is 0.158. The van der Waals surface area contributed by atoms with Crippen molar-refractivity contribution in [1.82, 2.24) is 13.9 Å². The molecule has 1 amide bonds. The minimum absolute atomic E-state index is 0.0511. The average molecular weight is 437 g/mol. The van der Waals surface area contributed by atoms with Gasteiger partial charge in [-0.15, -0.1) is 0 Å². The lowest BCUT2D eigenvalue weighted by atomic mass is 10.1. The maximum absolute atomic E-state index is 13.1. The minimum atomic E-state index is -4.05. The SMILES string of the molecule is CN(Cc1cc(-c2ccc(OC(F)F)cc2)n(S(=O)(=O)c2cccnc2)c1)C(=O)O. The Hall–Kier alpha value is -3.47. The molecule has 3 aromatic rings. The molecule has 0 aliphatic carbocycles. The van der Waals surface area contributed by atoms with Gasteiger partial charge in [-0.3, -0.25) is 4.98 Å². The van der Waals surface area contributed by atoms with Crippen LogP contribution in [0.4, 0.5) is 13.6 Å². The summed E-state index contributed by atoms with van der Waals surface area (Å²) in [7, 11) is -2.69. The summed E-state index contributed by atoms with van der Waals surface area (Å²) < 4.78 is 56.4. The van der Waals surface area contributed by atoms with Crippen LogP contribution in [-0.4, -0.2) is 47.1 Å². The predicted molar refractivity (Wildman–Crippen MR) is 103 cm³/mol. The summed E-state index contributed by atoms with van der Waals surface area (Å²) in [5, 5.41) is 9.09. The Morgan fingerprint density at radius 1 is 1.27 bits per heavy atom. The van der Waals surface area contributed by atoms with E-state index in [-0.39, 0.29) is 22.9 Å². The first-order chi connectivity index (χ1) is 14.2. The Morgan fingerprint density at radius 3 is 2.53 bits per heavy atom. The van der Waals surface area contributed by atoms with Gasteiger partial charge in [-0.2, -0.15) is 8.78 Å². The quantitative estimate of drug-likeness (QED) is 0.607. The number of halogens is 2. The van der Waals surface area contributed by atoms with Crippen molar-refractivity contribution >= 4 is 16.1 Å². The number of hydrogen-bond acceptors (Lipinski definition) is 5. The smallest absolute Gasteiger partial charge is 0.407 e. The Morgan fingerprint density at radius 2 is 1.97 bits per heavy atom. The van der Waals surface area contributed by atoms with E-state index in [0.29, 0.717) is 11.1 Å². The normalized spacial score (nSPS) is 11.5. The van der Waals surface area contributed by atoms with Crippen LogP contribution in [0.3, 0.4) is 0 Å². The lowest BCUT2D eigenvalue weighted by Gasteiger charge is -2.11. The fourth-order valence-electron chi connectivity index (χ4n) is 2.75. The van der Waals surface area contributed by atoms with E-state index in [1.54, 1.807) is 0 Å². The van der Waals surface area contributed by atoms with E-state index in [9.17, 15) is 22.0 Å². The van der Waals surface area contributed by atoms with Crippen LogP contribution in [0.1, 0.15) is 5.56 Å². The van der Waals surface area contributed by atoms with E-state index in [4.69, 9.17) is 5.11 Å². The van der Waals surface area contributed by atoms with Crippen LogP contribution >= 0.6 is 0 Å². The predicted octanol–water partition coefficient (Wildman–Crippen LogP) is 3.50. The first kappa shape index (κ1) is 21.2. The number of hydrogen-bond donors (Lipinski definition) is 1. The molecule has 0 radical (unpaired) electrons. The molecule has 0 fully saturated rings. The summed E-state index contributed by atoms with van der Waals surface area (Å²) in [5.41, 5.74) is 1.07. The number of carboxylic acid groups (broad SMARTS) is 1. The van der Waals surface area contributed by atoms with E-state index in [0.717, 1.165) is 8.87 Å². The molecule has 0 saturated heterocycles. The maximum atomic E-state index is 13.1. The van der Waals surface area contributed by atoms with Gasteiger partial charge in [0.2, 0.25) is 0 Å². The average Bonchev–Trinajstić information content (AvgIpc) is 3.13. The second-order valence-electron chi connectivity index (χ2n) is 6.26. The second-order valence-corrected chi connectivity index (χ2v) is 8.08. The molecule has 11 heteroatoms. The van der Waals surface area contributed by atoms with E-state index in [2.05, 4.69) is 9.72 Å². The third-order valence-electron chi connectivity index (χ3n) is 4.16. The van der Waals surface area contributed by atoms with E-state index in [1.165, 1.54) is 68.1 Å². The van der Waals surface area contributed by atoms with Gasteiger partial charge in [0.15, 0.2) is 0 Å². The molecule has 0 saturated carbocycles. The van der Waals surface area contributed by atoms with Crippen molar-refractivity contribution in [3.63, 3.8) is 0 Å². The first-order valence-corrected chi connectivity index (χ1v) is 9.98. The largest absolute Gasteiger partial charge is 0.465 e. The second kappa shape index (κ2) is 8.49. The van der Waals surface area contributed by atoms with E-state index < -0.39 is 22.7 Å². The molecule has 2 aromatic heterocycles. The van der Waals surface area contributed by atoms with Crippen LogP contribution in [0.5, 0.6) is 5.75 Å². The maximum Gasteiger partial charge on any atom is 0.407 e. The summed E-state index contributed by atoms with van der Waals surface area (Å²) >= 11 is 0. The molecular weight excluding hydrogens is 420 g/mol. The third kappa shape index (κ3) is 4.57. The first-order valence-electron chi connectivity index (χ1n) is 8.54. The molecule has 0 spiro atoms. The molecule has 0 bridgehead atoms. The number of alkyl halides is 2. The van der Waals surface area contributed by atoms with Gasteiger partial charge in [0.25, 0.3) is 10.0 Å². The number of rotatable bonds is 7. The highest BCUT2D eigenvalue weighted by Crippen LogP contribution is 2.29. The Bertz CT molecular complexity index is 1130. The lowest BCUT2D eigenvalue weighted by molar-refractivity contribution is -0.0498. The van der Waals surface area contributed by atoms with Crippen molar-refractivity contribution in [3.05, 3.63) is 66.6 Å². The monoisotopic (exact) mass is 437 g/mol.